The molecular formula is C17H17BrN2O4. The molecule has 0 saturated carbocycles. The molecule has 0 aliphatic rings. The summed E-state index contributed by atoms with van der Waals surface area (Å²) < 4.78 is 6.88. The summed E-state index contributed by atoms with van der Waals surface area (Å²) in [6, 6.07) is 11.4. The van der Waals surface area contributed by atoms with Crippen molar-refractivity contribution in [2.24, 2.45) is 0 Å². The average Bonchev–Trinajstić information content (AvgIpc) is 2.57. The third-order valence-corrected chi connectivity index (χ3v) is 3.95. The second-order valence-corrected chi connectivity index (χ2v) is 6.03. The molecule has 1 aromatic carbocycles. The molecular weight excluding hydrogens is 376 g/mol. The fourth-order valence-electron chi connectivity index (χ4n) is 2.18. The summed E-state index contributed by atoms with van der Waals surface area (Å²) in [7, 11) is 1.30. The highest BCUT2D eigenvalue weighted by molar-refractivity contribution is 9.10. The first-order chi connectivity index (χ1) is 11.5. The van der Waals surface area contributed by atoms with Crippen molar-refractivity contribution in [3.8, 4) is 0 Å². The van der Waals surface area contributed by atoms with Gasteiger partial charge < -0.3 is 14.6 Å². The van der Waals surface area contributed by atoms with Crippen LogP contribution in [0, 0.1) is 0 Å². The van der Waals surface area contributed by atoms with Gasteiger partial charge in [0.05, 0.1) is 19.6 Å². The largest absolute Gasteiger partial charge is 0.469 e. The first-order valence-electron chi connectivity index (χ1n) is 7.26. The fraction of sp³-hybridized carbons (Fsp3) is 0.235. The van der Waals surface area contributed by atoms with Crippen molar-refractivity contribution in [1.29, 1.82) is 0 Å². The molecule has 1 atom stereocenters. The first kappa shape index (κ1) is 17.9. The van der Waals surface area contributed by atoms with E-state index in [1.165, 1.54) is 23.9 Å². The number of halogens is 1. The number of carbonyl (C=O) groups is 2. The Morgan fingerprint density at radius 3 is 2.54 bits per heavy atom. The van der Waals surface area contributed by atoms with Gasteiger partial charge in [-0.15, -0.1) is 0 Å². The molecule has 0 bridgehead atoms. The molecule has 0 aliphatic heterocycles. The Hall–Kier alpha value is -2.41. The third-order valence-electron chi connectivity index (χ3n) is 3.42. The molecule has 6 nitrogen and oxygen atoms in total. The predicted molar refractivity (Wildman–Crippen MR) is 92.4 cm³/mol. The highest BCUT2D eigenvalue weighted by atomic mass is 79.9. The van der Waals surface area contributed by atoms with Crippen LogP contribution in [0.2, 0.25) is 0 Å². The maximum absolute atomic E-state index is 12.3. The number of hydrogen-bond donors (Lipinski definition) is 1. The molecule has 0 saturated heterocycles. The minimum absolute atomic E-state index is 0.00750. The predicted octanol–water partition coefficient (Wildman–Crippen LogP) is 2.03. The lowest BCUT2D eigenvalue weighted by Crippen LogP contribution is -2.35. The SMILES string of the molecule is COC(=O)CC(NC(=O)Cn1ccccc1=O)c1ccc(Br)cc1. The number of esters is 1. The van der Waals surface area contributed by atoms with E-state index in [9.17, 15) is 14.4 Å². The standard InChI is InChI=1S/C17H17BrN2O4/c1-24-17(23)10-14(12-5-7-13(18)8-6-12)19-15(21)11-20-9-3-2-4-16(20)22/h2-9,14H,10-11H2,1H3,(H,19,21). The summed E-state index contributed by atoms with van der Waals surface area (Å²) in [5.74, 6) is -0.791. The number of nitrogens with zero attached hydrogens (tertiary/aromatic N) is 1. The summed E-state index contributed by atoms with van der Waals surface area (Å²) in [4.78, 5) is 35.5. The summed E-state index contributed by atoms with van der Waals surface area (Å²) in [6.07, 6.45) is 1.55. The highest BCUT2D eigenvalue weighted by Crippen LogP contribution is 2.20. The van der Waals surface area contributed by atoms with E-state index in [-0.39, 0.29) is 24.4 Å². The zero-order valence-electron chi connectivity index (χ0n) is 13.1. The summed E-state index contributed by atoms with van der Waals surface area (Å²) in [5.41, 5.74) is 0.512. The van der Waals surface area contributed by atoms with Gasteiger partial charge in [-0.3, -0.25) is 14.4 Å². The molecule has 1 heterocycles. The highest BCUT2D eigenvalue weighted by Gasteiger charge is 2.19. The molecule has 24 heavy (non-hydrogen) atoms. The number of carbonyl (C=O) groups excluding carboxylic acids is 2. The zero-order valence-corrected chi connectivity index (χ0v) is 14.7. The van der Waals surface area contributed by atoms with E-state index < -0.39 is 12.0 Å². The van der Waals surface area contributed by atoms with E-state index in [4.69, 9.17) is 4.74 Å². The minimum atomic E-state index is -0.530. The number of methoxy groups -OCH3 is 1. The molecule has 1 unspecified atom stereocenters. The molecule has 0 spiro atoms. The van der Waals surface area contributed by atoms with Gasteiger partial charge in [-0.25, -0.2) is 0 Å². The van der Waals surface area contributed by atoms with E-state index in [2.05, 4.69) is 21.2 Å². The van der Waals surface area contributed by atoms with Crippen LogP contribution in [0.15, 0.2) is 57.9 Å². The Labute approximate surface area is 147 Å². The van der Waals surface area contributed by atoms with Crippen molar-refractivity contribution < 1.29 is 14.3 Å². The summed E-state index contributed by atoms with van der Waals surface area (Å²) >= 11 is 3.35. The van der Waals surface area contributed by atoms with Gasteiger partial charge >= 0.3 is 5.97 Å². The van der Waals surface area contributed by atoms with Crippen molar-refractivity contribution in [3.05, 3.63) is 69.1 Å². The van der Waals surface area contributed by atoms with Gasteiger partial charge in [0.2, 0.25) is 5.91 Å². The normalized spacial score (nSPS) is 11.6. The Morgan fingerprint density at radius 1 is 1.21 bits per heavy atom. The van der Waals surface area contributed by atoms with E-state index in [0.717, 1.165) is 10.0 Å². The zero-order chi connectivity index (χ0) is 17.5. The average molecular weight is 393 g/mol. The lowest BCUT2D eigenvalue weighted by Gasteiger charge is -2.18. The Morgan fingerprint density at radius 2 is 1.92 bits per heavy atom. The van der Waals surface area contributed by atoms with Gasteiger partial charge in [0.1, 0.15) is 6.54 Å². The molecule has 0 aliphatic carbocycles. The van der Waals surface area contributed by atoms with Gasteiger partial charge in [0.15, 0.2) is 0 Å². The number of rotatable bonds is 6. The second-order valence-electron chi connectivity index (χ2n) is 5.12. The van der Waals surface area contributed by atoms with Crippen LogP contribution < -0.4 is 10.9 Å². The van der Waals surface area contributed by atoms with Crippen molar-refractivity contribution in [3.63, 3.8) is 0 Å². The van der Waals surface area contributed by atoms with Gasteiger partial charge in [-0.2, -0.15) is 0 Å². The molecule has 2 rings (SSSR count). The number of benzene rings is 1. The molecule has 0 radical (unpaired) electrons. The quantitative estimate of drug-likeness (QED) is 0.762. The van der Waals surface area contributed by atoms with Crippen LogP contribution >= 0.6 is 15.9 Å². The molecule has 1 aromatic heterocycles. The molecule has 1 N–H and O–H groups in total. The van der Waals surface area contributed by atoms with Crippen LogP contribution in [0.1, 0.15) is 18.0 Å². The van der Waals surface area contributed by atoms with Crippen LogP contribution in [0.4, 0.5) is 0 Å². The number of aromatic nitrogens is 1. The minimum Gasteiger partial charge on any atom is -0.469 e. The van der Waals surface area contributed by atoms with Crippen LogP contribution in [0.3, 0.4) is 0 Å². The Kier molecular flexibility index (Phi) is 6.31. The summed E-state index contributed by atoms with van der Waals surface area (Å²) in [5, 5.41) is 2.78. The molecule has 1 amide bonds. The number of ether oxygens (including phenoxy) is 1. The Balaban J connectivity index is 2.13. The van der Waals surface area contributed by atoms with E-state index in [1.807, 2.05) is 24.3 Å². The molecule has 7 heteroatoms. The van der Waals surface area contributed by atoms with Crippen molar-refractivity contribution >= 4 is 27.8 Å². The fourth-order valence-corrected chi connectivity index (χ4v) is 2.45. The molecule has 2 aromatic rings. The second kappa shape index (κ2) is 8.44. The van der Waals surface area contributed by atoms with E-state index >= 15 is 0 Å². The molecule has 0 fully saturated rings. The third kappa shape index (κ3) is 5.06. The van der Waals surface area contributed by atoms with Crippen LogP contribution in [0.25, 0.3) is 0 Å². The maximum atomic E-state index is 12.3. The Bertz CT molecular complexity index is 771. The van der Waals surface area contributed by atoms with Crippen LogP contribution in [-0.4, -0.2) is 23.6 Å². The number of nitrogens with one attached hydrogen (secondary N) is 1. The lowest BCUT2D eigenvalue weighted by molar-refractivity contribution is -0.141. The number of pyridine rings is 1. The lowest BCUT2D eigenvalue weighted by atomic mass is 10.0. The van der Waals surface area contributed by atoms with Gasteiger partial charge in [-0.1, -0.05) is 34.1 Å². The van der Waals surface area contributed by atoms with E-state index in [1.54, 1.807) is 12.1 Å². The first-order valence-corrected chi connectivity index (χ1v) is 8.06. The number of hydrogen-bond acceptors (Lipinski definition) is 4. The maximum Gasteiger partial charge on any atom is 0.307 e. The topological polar surface area (TPSA) is 77.4 Å². The van der Waals surface area contributed by atoms with Crippen LogP contribution in [-0.2, 0) is 20.9 Å². The van der Waals surface area contributed by atoms with Crippen LogP contribution in [0.5, 0.6) is 0 Å². The van der Waals surface area contributed by atoms with Gasteiger partial charge in [0.25, 0.3) is 5.56 Å². The van der Waals surface area contributed by atoms with Gasteiger partial charge in [0, 0.05) is 16.7 Å². The smallest absolute Gasteiger partial charge is 0.307 e. The molecule has 126 valence electrons. The van der Waals surface area contributed by atoms with Gasteiger partial charge in [-0.05, 0) is 23.8 Å². The number of amides is 1. The van der Waals surface area contributed by atoms with Crippen molar-refractivity contribution in [2.75, 3.05) is 7.11 Å². The van der Waals surface area contributed by atoms with E-state index in [0.29, 0.717) is 0 Å². The van der Waals surface area contributed by atoms with Crippen molar-refractivity contribution in [1.82, 2.24) is 9.88 Å². The summed E-state index contributed by atoms with van der Waals surface area (Å²) in [6.45, 7) is -0.117. The monoisotopic (exact) mass is 392 g/mol. The van der Waals surface area contributed by atoms with Crippen molar-refractivity contribution in [2.45, 2.75) is 19.0 Å².